The van der Waals surface area contributed by atoms with Crippen LogP contribution in [0.2, 0.25) is 0 Å². The Balaban J connectivity index is 1.53. The first-order valence-electron chi connectivity index (χ1n) is 15.5. The SMILES string of the molecule is CCCCCCCCCCCCCCCCOCC(COC(=O)c1ccccc1C[n+]1csc(C)c1)OCC. The van der Waals surface area contributed by atoms with Crippen LogP contribution in [0.5, 0.6) is 0 Å². The Morgan fingerprint density at radius 1 is 0.846 bits per heavy atom. The number of hydrogen-bond donors (Lipinski definition) is 0. The summed E-state index contributed by atoms with van der Waals surface area (Å²) in [6.07, 6.45) is 20.8. The summed E-state index contributed by atoms with van der Waals surface area (Å²) in [6, 6.07) is 7.65. The second-order valence-electron chi connectivity index (χ2n) is 10.6. The molecule has 5 nitrogen and oxygen atoms in total. The minimum Gasteiger partial charge on any atom is -0.459 e. The van der Waals surface area contributed by atoms with Crippen LogP contribution in [-0.4, -0.2) is 38.5 Å². The van der Waals surface area contributed by atoms with Crippen molar-refractivity contribution in [2.75, 3.05) is 26.4 Å². The lowest BCUT2D eigenvalue weighted by atomic mass is 10.0. The van der Waals surface area contributed by atoms with Gasteiger partial charge in [-0.2, -0.15) is 4.57 Å². The van der Waals surface area contributed by atoms with Crippen molar-refractivity contribution in [1.29, 1.82) is 0 Å². The number of nitrogens with zero attached hydrogens (tertiary/aromatic N) is 1. The molecule has 0 aliphatic rings. The van der Waals surface area contributed by atoms with Gasteiger partial charge in [-0.1, -0.05) is 120 Å². The first-order valence-corrected chi connectivity index (χ1v) is 16.4. The highest BCUT2D eigenvalue weighted by Crippen LogP contribution is 2.14. The monoisotopic (exact) mass is 560 g/mol. The quantitative estimate of drug-likeness (QED) is 0.0734. The number of aryl methyl sites for hydroxylation is 1. The van der Waals surface area contributed by atoms with E-state index in [0.717, 1.165) is 18.6 Å². The molecule has 0 amide bonds. The van der Waals surface area contributed by atoms with Gasteiger partial charge in [-0.15, -0.1) is 0 Å². The lowest BCUT2D eigenvalue weighted by molar-refractivity contribution is -0.683. The minimum atomic E-state index is -0.310. The molecule has 0 spiro atoms. The van der Waals surface area contributed by atoms with E-state index in [-0.39, 0.29) is 18.7 Å². The molecule has 220 valence electrons. The molecule has 0 bridgehead atoms. The number of carbonyl (C=O) groups is 1. The molecule has 1 aromatic carbocycles. The number of thiazole rings is 1. The molecular weight excluding hydrogens is 506 g/mol. The maximum atomic E-state index is 12.9. The predicted molar refractivity (Wildman–Crippen MR) is 162 cm³/mol. The highest BCUT2D eigenvalue weighted by molar-refractivity contribution is 7.09. The number of hydrogen-bond acceptors (Lipinski definition) is 5. The fourth-order valence-corrected chi connectivity index (χ4v) is 5.46. The van der Waals surface area contributed by atoms with Crippen LogP contribution in [0.4, 0.5) is 0 Å². The van der Waals surface area contributed by atoms with E-state index < -0.39 is 0 Å². The van der Waals surface area contributed by atoms with E-state index in [2.05, 4.69) is 30.1 Å². The molecule has 0 aliphatic carbocycles. The number of ether oxygens (including phenoxy) is 3. The van der Waals surface area contributed by atoms with Crippen LogP contribution in [0, 0.1) is 6.92 Å². The summed E-state index contributed by atoms with van der Waals surface area (Å²) in [4.78, 5) is 14.1. The summed E-state index contributed by atoms with van der Waals surface area (Å²) in [5.74, 6) is -0.310. The predicted octanol–water partition coefficient (Wildman–Crippen LogP) is 8.45. The van der Waals surface area contributed by atoms with Crippen molar-refractivity contribution in [3.8, 4) is 0 Å². The van der Waals surface area contributed by atoms with Crippen LogP contribution in [0.15, 0.2) is 36.0 Å². The first kappa shape index (κ1) is 33.4. The van der Waals surface area contributed by atoms with Gasteiger partial charge >= 0.3 is 5.97 Å². The molecule has 0 radical (unpaired) electrons. The normalized spacial score (nSPS) is 12.1. The van der Waals surface area contributed by atoms with E-state index in [1.165, 1.54) is 88.3 Å². The molecule has 0 saturated heterocycles. The highest BCUT2D eigenvalue weighted by Gasteiger charge is 2.18. The van der Waals surface area contributed by atoms with Crippen LogP contribution in [0.1, 0.15) is 125 Å². The Labute approximate surface area is 242 Å². The number of rotatable bonds is 24. The van der Waals surface area contributed by atoms with Gasteiger partial charge in [-0.3, -0.25) is 0 Å². The van der Waals surface area contributed by atoms with Gasteiger partial charge < -0.3 is 14.2 Å². The van der Waals surface area contributed by atoms with Gasteiger partial charge in [-0.05, 0) is 26.3 Å². The van der Waals surface area contributed by atoms with Gasteiger partial charge in [0.1, 0.15) is 12.7 Å². The molecule has 0 fully saturated rings. The third-order valence-corrected chi connectivity index (χ3v) is 7.91. The van der Waals surface area contributed by atoms with Crippen LogP contribution in [0.3, 0.4) is 0 Å². The molecule has 1 atom stereocenters. The smallest absolute Gasteiger partial charge is 0.338 e. The summed E-state index contributed by atoms with van der Waals surface area (Å²) in [7, 11) is 0. The van der Waals surface area contributed by atoms with Crippen molar-refractivity contribution < 1.29 is 23.6 Å². The van der Waals surface area contributed by atoms with Gasteiger partial charge in [0.25, 0.3) is 0 Å². The van der Waals surface area contributed by atoms with Gasteiger partial charge in [0.05, 0.1) is 17.0 Å². The second-order valence-corrected chi connectivity index (χ2v) is 11.7. The van der Waals surface area contributed by atoms with Gasteiger partial charge in [0.2, 0.25) is 5.51 Å². The van der Waals surface area contributed by atoms with E-state index in [4.69, 9.17) is 14.2 Å². The Kier molecular flexibility index (Phi) is 18.9. The Morgan fingerprint density at radius 3 is 2.05 bits per heavy atom. The zero-order chi connectivity index (χ0) is 28.0. The molecule has 39 heavy (non-hydrogen) atoms. The molecule has 0 saturated carbocycles. The summed E-state index contributed by atoms with van der Waals surface area (Å²) >= 11 is 1.69. The zero-order valence-corrected chi connectivity index (χ0v) is 25.8. The average molecular weight is 561 g/mol. The molecule has 2 aromatic rings. The lowest BCUT2D eigenvalue weighted by Gasteiger charge is -2.17. The Hall–Kier alpha value is -1.76. The molecule has 1 aromatic heterocycles. The van der Waals surface area contributed by atoms with Crippen molar-refractivity contribution in [1.82, 2.24) is 0 Å². The van der Waals surface area contributed by atoms with Gasteiger partial charge in [0.15, 0.2) is 12.7 Å². The molecule has 2 rings (SSSR count). The van der Waals surface area contributed by atoms with Crippen molar-refractivity contribution in [2.24, 2.45) is 0 Å². The van der Waals surface area contributed by atoms with Crippen molar-refractivity contribution in [2.45, 2.75) is 123 Å². The highest BCUT2D eigenvalue weighted by atomic mass is 32.1. The molecule has 1 heterocycles. The van der Waals surface area contributed by atoms with E-state index in [0.29, 0.717) is 25.3 Å². The van der Waals surface area contributed by atoms with E-state index >= 15 is 0 Å². The zero-order valence-electron chi connectivity index (χ0n) is 25.0. The third-order valence-electron chi connectivity index (χ3n) is 7.06. The standard InChI is InChI=1S/C33H54NO4S/c1-4-6-7-8-9-10-11-12-13-14-15-16-17-20-23-36-26-31(37-5-2)27-38-33(35)32-22-19-18-21-30(32)25-34-24-29(3)39-28-34/h18-19,21-22,24,28,31H,4-17,20,23,25-27H2,1-3H3/q+1. The first-order chi connectivity index (χ1) is 19.1. The molecular formula is C33H54NO4S+. The number of carbonyl (C=O) groups excluding carboxylic acids is 1. The summed E-state index contributed by atoms with van der Waals surface area (Å²) in [5.41, 5.74) is 3.62. The fraction of sp³-hybridized carbons (Fsp3) is 0.697. The Morgan fingerprint density at radius 2 is 1.46 bits per heavy atom. The largest absolute Gasteiger partial charge is 0.459 e. The molecule has 6 heteroatoms. The lowest BCUT2D eigenvalue weighted by Crippen LogP contribution is -2.32. The number of esters is 1. The van der Waals surface area contributed by atoms with Gasteiger partial charge in [-0.25, -0.2) is 4.79 Å². The number of aromatic nitrogens is 1. The van der Waals surface area contributed by atoms with Crippen LogP contribution in [0.25, 0.3) is 0 Å². The summed E-state index contributed by atoms with van der Waals surface area (Å²) in [5, 5.41) is 0. The van der Waals surface area contributed by atoms with Crippen LogP contribution in [-0.2, 0) is 20.8 Å². The fourth-order valence-electron chi connectivity index (χ4n) is 4.82. The Bertz CT molecular complexity index is 884. The molecule has 1 unspecified atom stereocenters. The van der Waals surface area contributed by atoms with Crippen LogP contribution < -0.4 is 4.57 Å². The topological polar surface area (TPSA) is 48.6 Å². The van der Waals surface area contributed by atoms with Crippen molar-refractivity contribution in [3.63, 3.8) is 0 Å². The van der Waals surface area contributed by atoms with E-state index in [1.807, 2.05) is 31.2 Å². The van der Waals surface area contributed by atoms with Crippen molar-refractivity contribution >= 4 is 17.3 Å². The third kappa shape index (κ3) is 15.6. The minimum absolute atomic E-state index is 0.199. The van der Waals surface area contributed by atoms with E-state index in [1.54, 1.807) is 11.3 Å². The van der Waals surface area contributed by atoms with Crippen molar-refractivity contribution in [3.05, 3.63) is 52.0 Å². The maximum absolute atomic E-state index is 12.9. The molecule has 0 N–H and O–H groups in total. The van der Waals surface area contributed by atoms with Gasteiger partial charge in [0, 0.05) is 18.8 Å². The number of benzene rings is 1. The maximum Gasteiger partial charge on any atom is 0.338 e. The summed E-state index contributed by atoms with van der Waals surface area (Å²) in [6.45, 7) is 8.91. The summed E-state index contributed by atoms with van der Waals surface area (Å²) < 4.78 is 19.4. The second kappa shape index (κ2) is 22.0. The number of unbranched alkanes of at least 4 members (excludes halogenated alkanes) is 13. The van der Waals surface area contributed by atoms with Crippen LogP contribution >= 0.6 is 11.3 Å². The van der Waals surface area contributed by atoms with E-state index in [9.17, 15) is 4.79 Å². The molecule has 0 aliphatic heterocycles. The average Bonchev–Trinajstić information content (AvgIpc) is 3.35.